The molecule has 9 nitrogen and oxygen atoms in total. The molecule has 3 N–H and O–H groups in total. The second-order valence-electron chi connectivity index (χ2n) is 7.08. The van der Waals surface area contributed by atoms with E-state index in [0.29, 0.717) is 11.9 Å². The lowest BCUT2D eigenvalue weighted by atomic mass is 9.86. The summed E-state index contributed by atoms with van der Waals surface area (Å²) in [4.78, 5) is 14.0. The van der Waals surface area contributed by atoms with Crippen LogP contribution in [0.4, 0.5) is 11.6 Å². The molecule has 0 unspecified atom stereocenters. The Morgan fingerprint density at radius 3 is 2.78 bits per heavy atom. The van der Waals surface area contributed by atoms with Crippen molar-refractivity contribution in [2.24, 2.45) is 5.92 Å². The molecule has 4 rings (SSSR count). The van der Waals surface area contributed by atoms with E-state index in [1.54, 1.807) is 12.4 Å². The van der Waals surface area contributed by atoms with E-state index in [0.717, 1.165) is 42.5 Å². The highest BCUT2D eigenvalue weighted by atomic mass is 32.2. The van der Waals surface area contributed by atoms with Gasteiger partial charge < -0.3 is 9.88 Å². The summed E-state index contributed by atoms with van der Waals surface area (Å²) in [6.07, 6.45) is 8.59. The standard InChI is InChI=1S/C17H23N7O2S/c1-24(17-14-6-8-18-16(14)19-11-20-17)13-4-2-12(3-5-13)10-27(25,26)23-15-7-9-21-22-15/h6-9,11-13H,2-5,10H2,1H3,(H,18,19,20)(H2,21,22,23)/t12-,13-. The molecule has 10 heteroatoms. The van der Waals surface area contributed by atoms with Crippen LogP contribution in [0.15, 0.2) is 30.9 Å². The average molecular weight is 389 g/mol. The van der Waals surface area contributed by atoms with Crippen LogP contribution in [0.1, 0.15) is 25.7 Å². The first kappa shape index (κ1) is 17.8. The molecule has 27 heavy (non-hydrogen) atoms. The number of hydrogen-bond acceptors (Lipinski definition) is 6. The number of aromatic amines is 2. The molecule has 0 saturated heterocycles. The van der Waals surface area contributed by atoms with Gasteiger partial charge in [-0.25, -0.2) is 18.4 Å². The molecule has 0 bridgehead atoms. The van der Waals surface area contributed by atoms with Crippen molar-refractivity contribution in [2.45, 2.75) is 31.7 Å². The Bertz CT molecular complexity index is 991. The molecular formula is C17H23N7O2S. The van der Waals surface area contributed by atoms with Gasteiger partial charge >= 0.3 is 0 Å². The first-order chi connectivity index (χ1) is 13.0. The van der Waals surface area contributed by atoms with Crippen molar-refractivity contribution in [3.8, 4) is 0 Å². The number of aromatic nitrogens is 5. The molecule has 0 spiro atoms. The zero-order chi connectivity index (χ0) is 18.9. The first-order valence-electron chi connectivity index (χ1n) is 9.02. The molecule has 0 amide bonds. The van der Waals surface area contributed by atoms with Crippen LogP contribution in [0.5, 0.6) is 0 Å². The molecule has 0 radical (unpaired) electrons. The SMILES string of the molecule is CN(c1ncnc2[nH]ccc12)[C@H]1CC[C@H](CS(=O)(=O)Nc2ccn[nH]2)CC1. The second kappa shape index (κ2) is 7.18. The van der Waals surface area contributed by atoms with Gasteiger partial charge in [0.15, 0.2) is 0 Å². The highest BCUT2D eigenvalue weighted by Gasteiger charge is 2.28. The first-order valence-corrected chi connectivity index (χ1v) is 10.7. The van der Waals surface area contributed by atoms with Gasteiger partial charge in [0.2, 0.25) is 10.0 Å². The maximum absolute atomic E-state index is 12.3. The predicted molar refractivity (Wildman–Crippen MR) is 104 cm³/mol. The summed E-state index contributed by atoms with van der Waals surface area (Å²) in [7, 11) is -1.32. The quantitative estimate of drug-likeness (QED) is 0.594. The number of nitrogens with zero attached hydrogens (tertiary/aromatic N) is 4. The van der Waals surface area contributed by atoms with Gasteiger partial charge in [-0.15, -0.1) is 0 Å². The zero-order valence-corrected chi connectivity index (χ0v) is 15.9. The van der Waals surface area contributed by atoms with Crippen LogP contribution >= 0.6 is 0 Å². The minimum atomic E-state index is -3.37. The summed E-state index contributed by atoms with van der Waals surface area (Å²) in [6.45, 7) is 0. The van der Waals surface area contributed by atoms with Crippen molar-refractivity contribution < 1.29 is 8.42 Å². The van der Waals surface area contributed by atoms with Crippen LogP contribution in [0.25, 0.3) is 11.0 Å². The van der Waals surface area contributed by atoms with Gasteiger partial charge in [-0.2, -0.15) is 5.10 Å². The number of sulfonamides is 1. The summed E-state index contributed by atoms with van der Waals surface area (Å²) < 4.78 is 27.2. The van der Waals surface area contributed by atoms with Crippen molar-refractivity contribution in [1.29, 1.82) is 0 Å². The van der Waals surface area contributed by atoms with E-state index in [1.165, 1.54) is 6.20 Å². The Hall–Kier alpha value is -2.62. The number of H-pyrrole nitrogens is 2. The number of nitrogens with one attached hydrogen (secondary N) is 3. The molecule has 0 aliphatic heterocycles. The van der Waals surface area contributed by atoms with Crippen molar-refractivity contribution in [2.75, 3.05) is 22.4 Å². The highest BCUT2D eigenvalue weighted by Crippen LogP contribution is 2.32. The van der Waals surface area contributed by atoms with Gasteiger partial charge in [0.1, 0.15) is 23.6 Å². The number of fused-ring (bicyclic) bond motifs is 1. The number of rotatable bonds is 6. The number of anilines is 2. The second-order valence-corrected chi connectivity index (χ2v) is 8.84. The monoisotopic (exact) mass is 389 g/mol. The maximum atomic E-state index is 12.3. The van der Waals surface area contributed by atoms with Crippen LogP contribution in [0.3, 0.4) is 0 Å². The van der Waals surface area contributed by atoms with Crippen LogP contribution in [-0.2, 0) is 10.0 Å². The van der Waals surface area contributed by atoms with E-state index in [-0.39, 0.29) is 11.7 Å². The van der Waals surface area contributed by atoms with Gasteiger partial charge in [-0.3, -0.25) is 9.82 Å². The minimum Gasteiger partial charge on any atom is -0.356 e. The predicted octanol–water partition coefficient (Wildman–Crippen LogP) is 2.12. The lowest BCUT2D eigenvalue weighted by Gasteiger charge is -2.35. The van der Waals surface area contributed by atoms with E-state index in [2.05, 4.69) is 41.8 Å². The lowest BCUT2D eigenvalue weighted by Crippen LogP contribution is -2.37. The van der Waals surface area contributed by atoms with Crippen molar-refractivity contribution in [3.05, 3.63) is 30.9 Å². The summed E-state index contributed by atoms with van der Waals surface area (Å²) in [5.41, 5.74) is 0.830. The maximum Gasteiger partial charge on any atom is 0.234 e. The van der Waals surface area contributed by atoms with Crippen LogP contribution in [0.2, 0.25) is 0 Å². The van der Waals surface area contributed by atoms with E-state index >= 15 is 0 Å². The van der Waals surface area contributed by atoms with E-state index in [4.69, 9.17) is 0 Å². The van der Waals surface area contributed by atoms with E-state index in [9.17, 15) is 8.42 Å². The molecule has 0 aromatic carbocycles. The lowest BCUT2D eigenvalue weighted by molar-refractivity contribution is 0.341. The molecule has 3 aromatic rings. The molecular weight excluding hydrogens is 366 g/mol. The Morgan fingerprint density at radius 2 is 2.04 bits per heavy atom. The van der Waals surface area contributed by atoms with Crippen LogP contribution in [0, 0.1) is 5.92 Å². The van der Waals surface area contributed by atoms with Crippen molar-refractivity contribution >= 4 is 32.7 Å². The summed E-state index contributed by atoms with van der Waals surface area (Å²) >= 11 is 0. The smallest absolute Gasteiger partial charge is 0.234 e. The average Bonchev–Trinajstić information content (AvgIpc) is 3.32. The summed E-state index contributed by atoms with van der Waals surface area (Å²) in [6, 6.07) is 3.94. The summed E-state index contributed by atoms with van der Waals surface area (Å²) in [5, 5.41) is 7.39. The normalized spacial score (nSPS) is 20.6. The van der Waals surface area contributed by atoms with Gasteiger partial charge in [-0.1, -0.05) is 0 Å². The van der Waals surface area contributed by atoms with E-state index in [1.807, 2.05) is 12.3 Å². The minimum absolute atomic E-state index is 0.137. The third-order valence-corrected chi connectivity index (χ3v) is 6.69. The summed E-state index contributed by atoms with van der Waals surface area (Å²) in [5.74, 6) is 1.62. The Balaban J connectivity index is 1.36. The van der Waals surface area contributed by atoms with E-state index < -0.39 is 10.0 Å². The van der Waals surface area contributed by atoms with Crippen LogP contribution in [-0.4, -0.2) is 52.4 Å². The van der Waals surface area contributed by atoms with Gasteiger partial charge in [0, 0.05) is 25.4 Å². The van der Waals surface area contributed by atoms with Crippen LogP contribution < -0.4 is 9.62 Å². The molecule has 1 aliphatic carbocycles. The molecule has 1 fully saturated rings. The number of hydrogen-bond donors (Lipinski definition) is 3. The molecule has 3 aromatic heterocycles. The van der Waals surface area contributed by atoms with Crippen molar-refractivity contribution in [3.63, 3.8) is 0 Å². The fraction of sp³-hybridized carbons (Fsp3) is 0.471. The molecule has 3 heterocycles. The zero-order valence-electron chi connectivity index (χ0n) is 15.1. The van der Waals surface area contributed by atoms with Gasteiger partial charge in [0.25, 0.3) is 0 Å². The third kappa shape index (κ3) is 3.90. The van der Waals surface area contributed by atoms with Gasteiger partial charge in [-0.05, 0) is 37.7 Å². The fourth-order valence-corrected chi connectivity index (χ4v) is 5.33. The Morgan fingerprint density at radius 1 is 1.22 bits per heavy atom. The largest absolute Gasteiger partial charge is 0.356 e. The van der Waals surface area contributed by atoms with Gasteiger partial charge in [0.05, 0.1) is 17.3 Å². The molecule has 1 aliphatic rings. The Kier molecular flexibility index (Phi) is 4.73. The van der Waals surface area contributed by atoms with Crippen molar-refractivity contribution in [1.82, 2.24) is 25.1 Å². The Labute approximate surface area is 157 Å². The third-order valence-electron chi connectivity index (χ3n) is 5.25. The highest BCUT2D eigenvalue weighted by molar-refractivity contribution is 7.92. The molecule has 0 atom stereocenters. The molecule has 144 valence electrons. The topological polar surface area (TPSA) is 120 Å². The fourth-order valence-electron chi connectivity index (χ4n) is 3.84. The molecule has 1 saturated carbocycles.